The molecule has 0 aromatic heterocycles. The SMILES string of the molecule is C[C@@H]1CCC[C@H](O[C@@H](C)C(=O)N2CCC[C@@H]2C2CCCC2)C1. The number of hydrogen-bond acceptors (Lipinski definition) is 2. The monoisotopic (exact) mass is 307 g/mol. The van der Waals surface area contributed by atoms with Gasteiger partial charge in [0.05, 0.1) is 6.10 Å². The predicted molar refractivity (Wildman–Crippen MR) is 88.7 cm³/mol. The smallest absolute Gasteiger partial charge is 0.251 e. The maximum atomic E-state index is 12.9. The van der Waals surface area contributed by atoms with Crippen molar-refractivity contribution >= 4 is 5.91 Å². The number of carbonyl (C=O) groups excluding carboxylic acids is 1. The minimum absolute atomic E-state index is 0.252. The fourth-order valence-electron chi connectivity index (χ4n) is 4.98. The van der Waals surface area contributed by atoms with E-state index >= 15 is 0 Å². The van der Waals surface area contributed by atoms with Gasteiger partial charge in [-0.3, -0.25) is 4.79 Å². The Balaban J connectivity index is 1.55. The third-order valence-electron chi connectivity index (χ3n) is 6.16. The van der Waals surface area contributed by atoms with Crippen LogP contribution in [0.1, 0.15) is 78.1 Å². The van der Waals surface area contributed by atoms with Gasteiger partial charge in [0.25, 0.3) is 5.91 Å². The summed E-state index contributed by atoms with van der Waals surface area (Å²) in [6.45, 7) is 5.24. The number of carbonyl (C=O) groups is 1. The summed E-state index contributed by atoms with van der Waals surface area (Å²) in [5, 5.41) is 0. The highest BCUT2D eigenvalue weighted by Crippen LogP contribution is 2.36. The molecule has 22 heavy (non-hydrogen) atoms. The van der Waals surface area contributed by atoms with Gasteiger partial charge < -0.3 is 9.64 Å². The number of rotatable bonds is 4. The predicted octanol–water partition coefficient (Wildman–Crippen LogP) is 4.15. The van der Waals surface area contributed by atoms with E-state index in [9.17, 15) is 4.79 Å². The van der Waals surface area contributed by atoms with Crippen molar-refractivity contribution in [3.63, 3.8) is 0 Å². The van der Waals surface area contributed by atoms with Gasteiger partial charge in [0.1, 0.15) is 6.10 Å². The van der Waals surface area contributed by atoms with Gasteiger partial charge in [-0.2, -0.15) is 0 Å². The van der Waals surface area contributed by atoms with Crippen LogP contribution in [0, 0.1) is 11.8 Å². The molecule has 0 unspecified atom stereocenters. The molecule has 0 radical (unpaired) electrons. The molecule has 0 N–H and O–H groups in total. The molecule has 2 saturated carbocycles. The molecule has 1 heterocycles. The molecule has 0 spiro atoms. The van der Waals surface area contributed by atoms with E-state index in [1.165, 1.54) is 51.4 Å². The summed E-state index contributed by atoms with van der Waals surface area (Å²) < 4.78 is 6.16. The molecular weight excluding hydrogens is 274 g/mol. The lowest BCUT2D eigenvalue weighted by Crippen LogP contribution is -2.45. The Labute approximate surface area is 135 Å². The summed E-state index contributed by atoms with van der Waals surface area (Å²) in [4.78, 5) is 15.0. The molecule has 3 fully saturated rings. The number of likely N-dealkylation sites (tertiary alicyclic amines) is 1. The Kier molecular flexibility index (Phi) is 5.43. The van der Waals surface area contributed by atoms with Crippen molar-refractivity contribution in [1.82, 2.24) is 4.90 Å². The number of nitrogens with zero attached hydrogens (tertiary/aromatic N) is 1. The second-order valence-corrected chi connectivity index (χ2v) is 7.96. The molecule has 3 aliphatic rings. The second kappa shape index (κ2) is 7.33. The van der Waals surface area contributed by atoms with Crippen LogP contribution in [0.5, 0.6) is 0 Å². The molecule has 1 aliphatic heterocycles. The van der Waals surface area contributed by atoms with Crippen molar-refractivity contribution in [3.05, 3.63) is 0 Å². The van der Waals surface area contributed by atoms with Crippen molar-refractivity contribution in [2.45, 2.75) is 96.3 Å². The topological polar surface area (TPSA) is 29.5 Å². The van der Waals surface area contributed by atoms with E-state index in [0.29, 0.717) is 12.1 Å². The third kappa shape index (κ3) is 3.67. The summed E-state index contributed by atoms with van der Waals surface area (Å²) >= 11 is 0. The normalized spacial score (nSPS) is 35.0. The van der Waals surface area contributed by atoms with Crippen LogP contribution in [0.4, 0.5) is 0 Å². The molecule has 0 aromatic carbocycles. The molecule has 0 aromatic rings. The lowest BCUT2D eigenvalue weighted by molar-refractivity contribution is -0.149. The van der Waals surface area contributed by atoms with Crippen LogP contribution in [-0.4, -0.2) is 35.6 Å². The highest BCUT2D eigenvalue weighted by atomic mass is 16.5. The molecule has 4 atom stereocenters. The quantitative estimate of drug-likeness (QED) is 0.781. The molecular formula is C19H33NO2. The first kappa shape index (κ1) is 16.3. The van der Waals surface area contributed by atoms with E-state index in [-0.39, 0.29) is 12.0 Å². The third-order valence-corrected chi connectivity index (χ3v) is 6.16. The van der Waals surface area contributed by atoms with Crippen LogP contribution in [0.15, 0.2) is 0 Å². The number of ether oxygens (including phenoxy) is 1. The fraction of sp³-hybridized carbons (Fsp3) is 0.947. The van der Waals surface area contributed by atoms with Gasteiger partial charge in [-0.25, -0.2) is 0 Å². The van der Waals surface area contributed by atoms with E-state index in [0.717, 1.165) is 31.2 Å². The van der Waals surface area contributed by atoms with Gasteiger partial charge in [-0.15, -0.1) is 0 Å². The van der Waals surface area contributed by atoms with Gasteiger partial charge in [0, 0.05) is 12.6 Å². The second-order valence-electron chi connectivity index (χ2n) is 7.96. The Morgan fingerprint density at radius 1 is 1.05 bits per heavy atom. The lowest BCUT2D eigenvalue weighted by Gasteiger charge is -2.34. The fourth-order valence-corrected chi connectivity index (χ4v) is 4.98. The van der Waals surface area contributed by atoms with Crippen LogP contribution >= 0.6 is 0 Å². The van der Waals surface area contributed by atoms with Gasteiger partial charge in [-0.05, 0) is 57.3 Å². The van der Waals surface area contributed by atoms with Gasteiger partial charge >= 0.3 is 0 Å². The molecule has 0 bridgehead atoms. The van der Waals surface area contributed by atoms with Crippen molar-refractivity contribution in [2.75, 3.05) is 6.54 Å². The van der Waals surface area contributed by atoms with Crippen LogP contribution in [-0.2, 0) is 9.53 Å². The van der Waals surface area contributed by atoms with Crippen LogP contribution in [0.3, 0.4) is 0 Å². The first-order valence-electron chi connectivity index (χ1n) is 9.61. The van der Waals surface area contributed by atoms with E-state index in [4.69, 9.17) is 4.74 Å². The van der Waals surface area contributed by atoms with Crippen molar-refractivity contribution < 1.29 is 9.53 Å². The van der Waals surface area contributed by atoms with Gasteiger partial charge in [0.15, 0.2) is 0 Å². The summed E-state index contributed by atoms with van der Waals surface area (Å²) in [5.74, 6) is 1.76. The zero-order valence-electron chi connectivity index (χ0n) is 14.4. The zero-order valence-corrected chi connectivity index (χ0v) is 14.4. The first-order valence-corrected chi connectivity index (χ1v) is 9.61. The van der Waals surface area contributed by atoms with Crippen molar-refractivity contribution in [1.29, 1.82) is 0 Å². The summed E-state index contributed by atoms with van der Waals surface area (Å²) in [6.07, 6.45) is 12.6. The molecule has 3 heteroatoms. The number of amides is 1. The van der Waals surface area contributed by atoms with Crippen molar-refractivity contribution in [3.8, 4) is 0 Å². The first-order chi connectivity index (χ1) is 10.6. The van der Waals surface area contributed by atoms with E-state index < -0.39 is 0 Å². The standard InChI is InChI=1S/C19H33NO2/c1-14-7-5-10-17(13-14)22-15(2)19(21)20-12-6-11-18(20)16-8-3-4-9-16/h14-18H,3-13H2,1-2H3/t14-,15+,17+,18-/m1/s1. The molecule has 1 saturated heterocycles. The minimum atomic E-state index is -0.252. The molecule has 1 amide bonds. The Bertz CT molecular complexity index is 378. The van der Waals surface area contributed by atoms with Crippen LogP contribution in [0.25, 0.3) is 0 Å². The van der Waals surface area contributed by atoms with Gasteiger partial charge in [0.2, 0.25) is 0 Å². The largest absolute Gasteiger partial charge is 0.365 e. The van der Waals surface area contributed by atoms with Gasteiger partial charge in [-0.1, -0.05) is 32.6 Å². The highest BCUT2D eigenvalue weighted by molar-refractivity contribution is 5.81. The maximum Gasteiger partial charge on any atom is 0.251 e. The molecule has 126 valence electrons. The van der Waals surface area contributed by atoms with Crippen LogP contribution < -0.4 is 0 Å². The zero-order chi connectivity index (χ0) is 15.5. The van der Waals surface area contributed by atoms with Crippen molar-refractivity contribution in [2.24, 2.45) is 11.8 Å². The summed E-state index contributed by atoms with van der Waals surface area (Å²) in [7, 11) is 0. The lowest BCUT2D eigenvalue weighted by atomic mass is 9.88. The van der Waals surface area contributed by atoms with Crippen LogP contribution in [0.2, 0.25) is 0 Å². The molecule has 2 aliphatic carbocycles. The highest BCUT2D eigenvalue weighted by Gasteiger charge is 2.38. The number of hydrogen-bond donors (Lipinski definition) is 0. The summed E-state index contributed by atoms with van der Waals surface area (Å²) in [6, 6.07) is 0.506. The average Bonchev–Trinajstić information content (AvgIpc) is 3.17. The Morgan fingerprint density at radius 2 is 1.82 bits per heavy atom. The minimum Gasteiger partial charge on any atom is -0.365 e. The van der Waals surface area contributed by atoms with E-state index in [1.54, 1.807) is 0 Å². The maximum absolute atomic E-state index is 12.9. The van der Waals surface area contributed by atoms with E-state index in [2.05, 4.69) is 11.8 Å². The summed E-state index contributed by atoms with van der Waals surface area (Å²) in [5.41, 5.74) is 0. The Morgan fingerprint density at radius 3 is 2.55 bits per heavy atom. The average molecular weight is 307 g/mol. The molecule has 3 rings (SSSR count). The Hall–Kier alpha value is -0.570. The molecule has 3 nitrogen and oxygen atoms in total. The van der Waals surface area contributed by atoms with E-state index in [1.807, 2.05) is 6.92 Å².